The largest absolute Gasteiger partial charge is 0.469 e. The van der Waals surface area contributed by atoms with Gasteiger partial charge in [-0.2, -0.15) is 15.0 Å². The predicted molar refractivity (Wildman–Crippen MR) is 100 cm³/mol. The van der Waals surface area contributed by atoms with Gasteiger partial charge in [-0.25, -0.2) is 0 Å². The first-order chi connectivity index (χ1) is 13.2. The van der Waals surface area contributed by atoms with Gasteiger partial charge >= 0.3 is 0 Å². The minimum Gasteiger partial charge on any atom is -0.469 e. The highest BCUT2D eigenvalue weighted by Gasteiger charge is 2.14. The number of thioether (sulfide) groups is 1. The van der Waals surface area contributed by atoms with Crippen LogP contribution in [0.4, 0.5) is 17.6 Å². The van der Waals surface area contributed by atoms with Crippen molar-refractivity contribution in [2.75, 3.05) is 11.1 Å². The Hall–Kier alpha value is -3.40. The van der Waals surface area contributed by atoms with Crippen LogP contribution in [0.3, 0.4) is 0 Å². The fourth-order valence-electron chi connectivity index (χ4n) is 2.32. The van der Waals surface area contributed by atoms with Crippen LogP contribution >= 0.6 is 11.8 Å². The Labute approximate surface area is 158 Å². The number of nitrogens with two attached hydrogens (primary N) is 1. The molecule has 0 aliphatic carbocycles. The fraction of sp³-hybridized carbons (Fsp3) is 0.118. The zero-order valence-corrected chi connectivity index (χ0v) is 15.1. The van der Waals surface area contributed by atoms with Gasteiger partial charge in [0.2, 0.25) is 11.9 Å². The maximum atomic E-state index is 5.79. The molecule has 0 aliphatic rings. The zero-order valence-electron chi connectivity index (χ0n) is 14.3. The van der Waals surface area contributed by atoms with Crippen molar-refractivity contribution in [3.05, 3.63) is 54.2 Å². The second-order valence-corrected chi connectivity index (χ2v) is 6.40. The summed E-state index contributed by atoms with van der Waals surface area (Å²) in [4.78, 5) is 12.6. The van der Waals surface area contributed by atoms with Crippen LogP contribution < -0.4 is 11.1 Å². The number of anilines is 3. The highest BCUT2D eigenvalue weighted by Crippen LogP contribution is 2.27. The van der Waals surface area contributed by atoms with Gasteiger partial charge in [-0.1, -0.05) is 30.0 Å². The van der Waals surface area contributed by atoms with Gasteiger partial charge in [-0.15, -0.1) is 10.2 Å². The monoisotopic (exact) mass is 381 g/mol. The molecule has 136 valence electrons. The lowest BCUT2D eigenvalue weighted by atomic mass is 10.3. The molecule has 0 bridgehead atoms. The Bertz CT molecular complexity index is 1050. The van der Waals surface area contributed by atoms with Crippen molar-refractivity contribution in [3.8, 4) is 11.5 Å². The summed E-state index contributed by atoms with van der Waals surface area (Å²) in [6.07, 6.45) is 1.58. The topological polar surface area (TPSA) is 129 Å². The van der Waals surface area contributed by atoms with Crippen LogP contribution in [0.5, 0.6) is 0 Å². The highest BCUT2D eigenvalue weighted by atomic mass is 32.2. The molecule has 4 rings (SSSR count). The summed E-state index contributed by atoms with van der Waals surface area (Å²) in [5, 5.41) is 11.6. The van der Waals surface area contributed by atoms with Gasteiger partial charge in [0.1, 0.15) is 11.6 Å². The number of nitrogen functional groups attached to an aromatic ring is 1. The van der Waals surface area contributed by atoms with Crippen LogP contribution in [0, 0.1) is 6.92 Å². The first-order valence-corrected chi connectivity index (χ1v) is 8.99. The Morgan fingerprint density at radius 3 is 2.70 bits per heavy atom. The fourth-order valence-corrected chi connectivity index (χ4v) is 2.94. The number of hydrogen-bond acceptors (Lipinski definition) is 10. The first-order valence-electron chi connectivity index (χ1n) is 8.00. The number of benzene rings is 1. The highest BCUT2D eigenvalue weighted by molar-refractivity contribution is 7.98. The number of rotatable bonds is 6. The number of para-hydroxylation sites is 1. The lowest BCUT2D eigenvalue weighted by Crippen LogP contribution is -2.06. The van der Waals surface area contributed by atoms with Crippen LogP contribution in [-0.4, -0.2) is 25.1 Å². The molecule has 1 aromatic carbocycles. The molecule has 0 unspecified atom stereocenters. The summed E-state index contributed by atoms with van der Waals surface area (Å²) in [6, 6.07) is 11.4. The number of nitrogens with zero attached hydrogens (tertiary/aromatic N) is 5. The minimum absolute atomic E-state index is 0.138. The standard InChI is InChI=1S/C17H15N7O2S/c1-10-12(7-8-25-10)14-23-24-17(26-14)27-9-13-20-15(18)22-16(21-13)19-11-5-3-2-4-6-11/h2-8H,9H2,1H3,(H3,18,19,20,21,22). The van der Waals surface area contributed by atoms with Crippen molar-refractivity contribution in [2.24, 2.45) is 0 Å². The summed E-state index contributed by atoms with van der Waals surface area (Å²) in [5.41, 5.74) is 7.42. The summed E-state index contributed by atoms with van der Waals surface area (Å²) < 4.78 is 10.9. The lowest BCUT2D eigenvalue weighted by molar-refractivity contribution is 0.463. The van der Waals surface area contributed by atoms with E-state index >= 15 is 0 Å². The van der Waals surface area contributed by atoms with E-state index in [1.165, 1.54) is 11.8 Å². The smallest absolute Gasteiger partial charge is 0.277 e. The number of furan rings is 1. The molecule has 3 N–H and O–H groups in total. The van der Waals surface area contributed by atoms with Crippen molar-refractivity contribution in [1.82, 2.24) is 25.1 Å². The molecule has 0 radical (unpaired) electrons. The molecule has 10 heteroatoms. The Morgan fingerprint density at radius 2 is 1.93 bits per heavy atom. The van der Waals surface area contributed by atoms with Gasteiger partial charge in [-0.05, 0) is 25.1 Å². The van der Waals surface area contributed by atoms with Crippen molar-refractivity contribution >= 4 is 29.3 Å². The summed E-state index contributed by atoms with van der Waals surface area (Å²) in [7, 11) is 0. The predicted octanol–water partition coefficient (Wildman–Crippen LogP) is 3.44. The van der Waals surface area contributed by atoms with Crippen molar-refractivity contribution < 1.29 is 8.83 Å². The summed E-state index contributed by atoms with van der Waals surface area (Å²) in [5.74, 6) is 2.55. The van der Waals surface area contributed by atoms with Crippen molar-refractivity contribution in [1.29, 1.82) is 0 Å². The van der Waals surface area contributed by atoms with E-state index in [1.807, 2.05) is 37.3 Å². The van der Waals surface area contributed by atoms with E-state index in [-0.39, 0.29) is 5.95 Å². The molecule has 3 aromatic heterocycles. The molecule has 3 heterocycles. The Kier molecular flexibility index (Phi) is 4.71. The second kappa shape index (κ2) is 7.46. The molecule has 9 nitrogen and oxygen atoms in total. The SMILES string of the molecule is Cc1occc1-c1nnc(SCc2nc(N)nc(Nc3ccccc3)n2)o1. The van der Waals surface area contributed by atoms with Gasteiger partial charge in [0, 0.05) is 5.69 Å². The van der Waals surface area contributed by atoms with E-state index in [0.717, 1.165) is 17.0 Å². The van der Waals surface area contributed by atoms with Gasteiger partial charge < -0.3 is 19.9 Å². The van der Waals surface area contributed by atoms with Gasteiger partial charge in [0.15, 0.2) is 0 Å². The number of hydrogen-bond donors (Lipinski definition) is 2. The van der Waals surface area contributed by atoms with Gasteiger partial charge in [-0.3, -0.25) is 0 Å². The molecule has 0 aliphatic heterocycles. The first kappa shape index (κ1) is 17.0. The second-order valence-electron chi connectivity index (χ2n) is 5.48. The van der Waals surface area contributed by atoms with E-state index in [4.69, 9.17) is 14.6 Å². The minimum atomic E-state index is 0.138. The van der Waals surface area contributed by atoms with Gasteiger partial charge in [0.25, 0.3) is 11.1 Å². The average Bonchev–Trinajstić information content (AvgIpc) is 3.29. The van der Waals surface area contributed by atoms with E-state index in [0.29, 0.717) is 28.6 Å². The van der Waals surface area contributed by atoms with Crippen LogP contribution in [0.25, 0.3) is 11.5 Å². The average molecular weight is 381 g/mol. The molecule has 27 heavy (non-hydrogen) atoms. The van der Waals surface area contributed by atoms with Crippen LogP contribution in [0.2, 0.25) is 0 Å². The Morgan fingerprint density at radius 1 is 1.07 bits per heavy atom. The lowest BCUT2D eigenvalue weighted by Gasteiger charge is -2.06. The molecule has 4 aromatic rings. The Balaban J connectivity index is 1.45. The zero-order chi connectivity index (χ0) is 18.6. The third-order valence-corrected chi connectivity index (χ3v) is 4.36. The third-order valence-electron chi connectivity index (χ3n) is 3.55. The molecule has 0 atom stereocenters. The number of aryl methyl sites for hydroxylation is 1. The normalized spacial score (nSPS) is 10.9. The van der Waals surface area contributed by atoms with Crippen LogP contribution in [0.1, 0.15) is 11.6 Å². The van der Waals surface area contributed by atoms with Crippen molar-refractivity contribution in [2.45, 2.75) is 17.9 Å². The number of nitrogens with one attached hydrogen (secondary N) is 1. The van der Waals surface area contributed by atoms with Crippen LogP contribution in [0.15, 0.2) is 56.7 Å². The third kappa shape index (κ3) is 4.06. The summed E-state index contributed by atoms with van der Waals surface area (Å²) in [6.45, 7) is 1.83. The maximum Gasteiger partial charge on any atom is 0.277 e. The quantitative estimate of drug-likeness (QED) is 0.479. The molecule has 0 amide bonds. The van der Waals surface area contributed by atoms with E-state index < -0.39 is 0 Å². The molecule has 0 fully saturated rings. The molecular formula is C17H15N7O2S. The van der Waals surface area contributed by atoms with Gasteiger partial charge in [0.05, 0.1) is 17.6 Å². The summed E-state index contributed by atoms with van der Waals surface area (Å²) >= 11 is 1.31. The van der Waals surface area contributed by atoms with E-state index in [2.05, 4.69) is 30.5 Å². The molecule has 0 saturated heterocycles. The number of aromatic nitrogens is 5. The molecular weight excluding hydrogens is 366 g/mol. The van der Waals surface area contributed by atoms with Crippen molar-refractivity contribution in [3.63, 3.8) is 0 Å². The molecule has 0 spiro atoms. The molecule has 0 saturated carbocycles. The van der Waals surface area contributed by atoms with Crippen LogP contribution in [-0.2, 0) is 5.75 Å². The maximum absolute atomic E-state index is 5.79. The van der Waals surface area contributed by atoms with E-state index in [1.54, 1.807) is 12.3 Å². The van der Waals surface area contributed by atoms with E-state index in [9.17, 15) is 0 Å².